The van der Waals surface area contributed by atoms with Crippen molar-refractivity contribution in [2.45, 2.75) is 37.7 Å². The van der Waals surface area contributed by atoms with E-state index < -0.39 is 15.6 Å². The molecule has 1 unspecified atom stereocenters. The van der Waals surface area contributed by atoms with Gasteiger partial charge in [-0.15, -0.1) is 0 Å². The van der Waals surface area contributed by atoms with Crippen LogP contribution in [0.15, 0.2) is 23.1 Å². The van der Waals surface area contributed by atoms with Crippen LogP contribution in [-0.4, -0.2) is 36.5 Å². The number of benzene rings is 1. The van der Waals surface area contributed by atoms with Crippen molar-refractivity contribution < 1.29 is 13.5 Å². The van der Waals surface area contributed by atoms with Crippen LogP contribution in [0.1, 0.15) is 24.5 Å². The average molecular weight is 269 g/mol. The van der Waals surface area contributed by atoms with E-state index in [1.165, 1.54) is 4.31 Å². The highest BCUT2D eigenvalue weighted by Gasteiger charge is 2.38. The van der Waals surface area contributed by atoms with Crippen LogP contribution < -0.4 is 0 Å². The number of sulfonamides is 1. The van der Waals surface area contributed by atoms with Crippen molar-refractivity contribution in [3.63, 3.8) is 0 Å². The minimum Gasteiger partial charge on any atom is -0.389 e. The van der Waals surface area contributed by atoms with Crippen LogP contribution in [0.25, 0.3) is 0 Å². The maximum atomic E-state index is 12.5. The summed E-state index contributed by atoms with van der Waals surface area (Å²) in [6.45, 7) is 5.89. The molecule has 1 saturated heterocycles. The molecule has 1 N–H and O–H groups in total. The van der Waals surface area contributed by atoms with Crippen molar-refractivity contribution >= 4 is 10.0 Å². The molecule has 1 atom stereocenters. The van der Waals surface area contributed by atoms with Crippen LogP contribution in [0.3, 0.4) is 0 Å². The van der Waals surface area contributed by atoms with Gasteiger partial charge in [0, 0.05) is 13.1 Å². The zero-order valence-electron chi connectivity index (χ0n) is 11.0. The topological polar surface area (TPSA) is 57.6 Å². The fraction of sp³-hybridized carbons (Fsp3) is 0.538. The highest BCUT2D eigenvalue weighted by molar-refractivity contribution is 7.89. The molecule has 1 fully saturated rings. The van der Waals surface area contributed by atoms with Crippen LogP contribution in [0, 0.1) is 13.8 Å². The van der Waals surface area contributed by atoms with Crippen LogP contribution in [0.5, 0.6) is 0 Å². The van der Waals surface area contributed by atoms with E-state index in [1.807, 2.05) is 19.1 Å². The fourth-order valence-corrected chi connectivity index (χ4v) is 4.10. The van der Waals surface area contributed by atoms with Gasteiger partial charge in [-0.2, -0.15) is 4.31 Å². The molecule has 1 aliphatic rings. The Morgan fingerprint density at radius 3 is 2.56 bits per heavy atom. The first-order valence-corrected chi connectivity index (χ1v) is 7.46. The smallest absolute Gasteiger partial charge is 0.243 e. The van der Waals surface area contributed by atoms with E-state index in [0.29, 0.717) is 17.9 Å². The Hall–Kier alpha value is -0.910. The molecule has 2 rings (SSSR count). The number of nitrogens with zero attached hydrogens (tertiary/aromatic N) is 1. The van der Waals surface area contributed by atoms with Gasteiger partial charge in [0.05, 0.1) is 10.5 Å². The van der Waals surface area contributed by atoms with Gasteiger partial charge in [0.25, 0.3) is 0 Å². The Bertz CT molecular complexity index is 564. The third kappa shape index (κ3) is 2.43. The van der Waals surface area contributed by atoms with E-state index in [0.717, 1.165) is 11.1 Å². The summed E-state index contributed by atoms with van der Waals surface area (Å²) < 4.78 is 26.4. The van der Waals surface area contributed by atoms with Crippen molar-refractivity contribution in [2.24, 2.45) is 0 Å². The first-order valence-electron chi connectivity index (χ1n) is 6.02. The second-order valence-electron chi connectivity index (χ2n) is 5.35. The summed E-state index contributed by atoms with van der Waals surface area (Å²) in [6.07, 6.45) is 0.483. The van der Waals surface area contributed by atoms with Gasteiger partial charge in [0.15, 0.2) is 0 Å². The number of hydrogen-bond acceptors (Lipinski definition) is 3. The maximum absolute atomic E-state index is 12.5. The summed E-state index contributed by atoms with van der Waals surface area (Å²) in [7, 11) is -3.49. The summed E-state index contributed by atoms with van der Waals surface area (Å²) in [5.74, 6) is 0. The van der Waals surface area contributed by atoms with Crippen molar-refractivity contribution in [1.82, 2.24) is 4.31 Å². The molecule has 1 aliphatic heterocycles. The maximum Gasteiger partial charge on any atom is 0.243 e. The molecule has 0 amide bonds. The van der Waals surface area contributed by atoms with Gasteiger partial charge < -0.3 is 5.11 Å². The zero-order chi connectivity index (χ0) is 13.6. The molecule has 0 aromatic heterocycles. The molecule has 0 spiro atoms. The molecule has 0 bridgehead atoms. The fourth-order valence-electron chi connectivity index (χ4n) is 2.23. The van der Waals surface area contributed by atoms with E-state index in [-0.39, 0.29) is 6.54 Å². The van der Waals surface area contributed by atoms with Gasteiger partial charge >= 0.3 is 0 Å². The molecule has 1 heterocycles. The first kappa shape index (κ1) is 13.5. The second-order valence-corrected chi connectivity index (χ2v) is 7.26. The lowest BCUT2D eigenvalue weighted by Gasteiger charge is -2.20. The van der Waals surface area contributed by atoms with E-state index >= 15 is 0 Å². The van der Waals surface area contributed by atoms with Crippen molar-refractivity contribution in [2.75, 3.05) is 13.1 Å². The molecule has 0 aliphatic carbocycles. The Balaban J connectivity index is 2.40. The predicted molar refractivity (Wildman–Crippen MR) is 69.9 cm³/mol. The summed E-state index contributed by atoms with van der Waals surface area (Å²) in [5.41, 5.74) is 0.752. The highest BCUT2D eigenvalue weighted by Crippen LogP contribution is 2.28. The Labute approximate surface area is 108 Å². The summed E-state index contributed by atoms with van der Waals surface area (Å²) in [6, 6.07) is 5.41. The van der Waals surface area contributed by atoms with Crippen LogP contribution >= 0.6 is 0 Å². The molecule has 18 heavy (non-hydrogen) atoms. The van der Waals surface area contributed by atoms with Crippen molar-refractivity contribution in [3.8, 4) is 0 Å². The monoisotopic (exact) mass is 269 g/mol. The molecule has 1 aromatic rings. The van der Waals surface area contributed by atoms with Crippen LogP contribution in [0.4, 0.5) is 0 Å². The molecule has 0 radical (unpaired) electrons. The SMILES string of the molecule is Cc1ccc(C)c(S(=O)(=O)N2CCC(C)(O)C2)c1. The summed E-state index contributed by atoms with van der Waals surface area (Å²) in [4.78, 5) is 0.347. The van der Waals surface area contributed by atoms with Gasteiger partial charge in [-0.05, 0) is 44.4 Å². The molecule has 0 saturated carbocycles. The largest absolute Gasteiger partial charge is 0.389 e. The van der Waals surface area contributed by atoms with E-state index in [1.54, 1.807) is 19.9 Å². The van der Waals surface area contributed by atoms with Crippen LogP contribution in [-0.2, 0) is 10.0 Å². The quantitative estimate of drug-likeness (QED) is 0.884. The normalized spacial score (nSPS) is 25.6. The number of β-amino-alcohol motifs (C(OH)–C–C–N with tert-alkyl or cyclic N) is 1. The van der Waals surface area contributed by atoms with E-state index in [9.17, 15) is 13.5 Å². The lowest BCUT2D eigenvalue weighted by Crippen LogP contribution is -2.34. The Morgan fingerprint density at radius 2 is 2.00 bits per heavy atom. The highest BCUT2D eigenvalue weighted by atomic mass is 32.2. The molecule has 100 valence electrons. The Kier molecular flexibility index (Phi) is 3.25. The van der Waals surface area contributed by atoms with Crippen LogP contribution in [0.2, 0.25) is 0 Å². The lowest BCUT2D eigenvalue weighted by molar-refractivity contribution is 0.0762. The van der Waals surface area contributed by atoms with Crippen molar-refractivity contribution in [1.29, 1.82) is 0 Å². The third-order valence-corrected chi connectivity index (χ3v) is 5.37. The second kappa shape index (κ2) is 4.33. The Morgan fingerprint density at radius 1 is 1.33 bits per heavy atom. The average Bonchev–Trinajstić information content (AvgIpc) is 2.63. The number of hydrogen-bond donors (Lipinski definition) is 1. The molecule has 5 heteroatoms. The molecule has 4 nitrogen and oxygen atoms in total. The minimum absolute atomic E-state index is 0.169. The van der Waals surface area contributed by atoms with Gasteiger partial charge in [0.2, 0.25) is 10.0 Å². The molecular formula is C13H19NO3S. The van der Waals surface area contributed by atoms with Gasteiger partial charge in [0.1, 0.15) is 0 Å². The van der Waals surface area contributed by atoms with E-state index in [2.05, 4.69) is 0 Å². The first-order chi connectivity index (χ1) is 8.22. The van der Waals surface area contributed by atoms with Gasteiger partial charge in [-0.25, -0.2) is 8.42 Å². The summed E-state index contributed by atoms with van der Waals surface area (Å²) >= 11 is 0. The number of aliphatic hydroxyl groups is 1. The molecule has 1 aromatic carbocycles. The standard InChI is InChI=1S/C13H19NO3S/c1-10-4-5-11(2)12(8-10)18(16,17)14-7-6-13(3,15)9-14/h4-5,8,15H,6-7,9H2,1-3H3. The minimum atomic E-state index is -3.49. The van der Waals surface area contributed by atoms with E-state index in [4.69, 9.17) is 0 Å². The van der Waals surface area contributed by atoms with Crippen molar-refractivity contribution in [3.05, 3.63) is 29.3 Å². The van der Waals surface area contributed by atoms with Gasteiger partial charge in [-0.3, -0.25) is 0 Å². The predicted octanol–water partition coefficient (Wildman–Crippen LogP) is 1.45. The number of aryl methyl sites for hydroxylation is 2. The van der Waals surface area contributed by atoms with Gasteiger partial charge in [-0.1, -0.05) is 12.1 Å². The summed E-state index contributed by atoms with van der Waals surface area (Å²) in [5, 5.41) is 9.89. The third-order valence-electron chi connectivity index (χ3n) is 3.38. The molecular weight excluding hydrogens is 250 g/mol. The lowest BCUT2D eigenvalue weighted by atomic mass is 10.1. The zero-order valence-corrected chi connectivity index (χ0v) is 11.8. The number of rotatable bonds is 2.